The first-order chi connectivity index (χ1) is 13.6. The Hall–Kier alpha value is -2.90. The SMILES string of the molecule is CCOC(=O)c1ccnn1-c1ncc(Cn2cc3c(Cl)cccc3n2)cc1Cl. The number of carbonyl (C=O) groups is 1. The maximum atomic E-state index is 12.1. The fraction of sp³-hybridized carbons (Fsp3) is 0.158. The van der Waals surface area contributed by atoms with E-state index < -0.39 is 5.97 Å². The number of carbonyl (C=O) groups excluding carboxylic acids is 1. The molecule has 4 aromatic rings. The Bertz CT molecular complexity index is 1170. The highest BCUT2D eigenvalue weighted by molar-refractivity contribution is 6.35. The van der Waals surface area contributed by atoms with Crippen LogP contribution in [0.2, 0.25) is 10.0 Å². The second-order valence-corrected chi connectivity index (χ2v) is 6.81. The largest absolute Gasteiger partial charge is 0.461 e. The summed E-state index contributed by atoms with van der Waals surface area (Å²) >= 11 is 12.6. The van der Waals surface area contributed by atoms with Crippen LogP contribution in [0.5, 0.6) is 0 Å². The van der Waals surface area contributed by atoms with E-state index in [1.807, 2.05) is 24.4 Å². The molecule has 0 aliphatic carbocycles. The molecule has 0 atom stereocenters. The second kappa shape index (κ2) is 7.61. The molecule has 0 aliphatic heterocycles. The molecule has 28 heavy (non-hydrogen) atoms. The summed E-state index contributed by atoms with van der Waals surface area (Å²) in [6.07, 6.45) is 5.05. The molecule has 9 heteroatoms. The van der Waals surface area contributed by atoms with Crippen LogP contribution >= 0.6 is 23.2 Å². The number of rotatable bonds is 5. The van der Waals surface area contributed by atoms with Crippen molar-refractivity contribution in [3.05, 3.63) is 70.2 Å². The number of aromatic nitrogens is 5. The summed E-state index contributed by atoms with van der Waals surface area (Å²) < 4.78 is 8.18. The minimum absolute atomic E-state index is 0.261. The van der Waals surface area contributed by atoms with Gasteiger partial charge in [0.2, 0.25) is 0 Å². The average Bonchev–Trinajstić information content (AvgIpc) is 3.29. The van der Waals surface area contributed by atoms with E-state index in [-0.39, 0.29) is 12.3 Å². The maximum absolute atomic E-state index is 12.1. The lowest BCUT2D eigenvalue weighted by Crippen LogP contribution is -2.13. The van der Waals surface area contributed by atoms with Crippen LogP contribution in [0.3, 0.4) is 0 Å². The zero-order valence-electron chi connectivity index (χ0n) is 14.8. The smallest absolute Gasteiger partial charge is 0.357 e. The van der Waals surface area contributed by atoms with Crippen LogP contribution in [0.4, 0.5) is 0 Å². The standard InChI is InChI=1S/C19H15Cl2N5O2/c1-2-28-19(27)17-6-7-23-26(17)18-15(21)8-12(9-22-18)10-25-11-13-14(20)4-3-5-16(13)24-25/h3-9,11H,2,10H2,1H3. The molecule has 142 valence electrons. The number of fused-ring (bicyclic) bond motifs is 1. The van der Waals surface area contributed by atoms with Gasteiger partial charge in [-0.25, -0.2) is 14.5 Å². The third-order valence-electron chi connectivity index (χ3n) is 4.10. The minimum atomic E-state index is -0.484. The van der Waals surface area contributed by atoms with Crippen LogP contribution in [0.15, 0.2) is 48.9 Å². The van der Waals surface area contributed by atoms with Crippen LogP contribution < -0.4 is 0 Å². The summed E-state index contributed by atoms with van der Waals surface area (Å²) in [5.74, 6) is -0.130. The molecule has 0 N–H and O–H groups in total. The molecule has 0 fully saturated rings. The molecule has 0 radical (unpaired) electrons. The molecule has 3 aromatic heterocycles. The lowest BCUT2D eigenvalue weighted by Gasteiger charge is -2.09. The van der Waals surface area contributed by atoms with E-state index in [2.05, 4.69) is 15.2 Å². The highest BCUT2D eigenvalue weighted by atomic mass is 35.5. The van der Waals surface area contributed by atoms with E-state index in [9.17, 15) is 4.79 Å². The van der Waals surface area contributed by atoms with Crippen LogP contribution in [-0.2, 0) is 11.3 Å². The van der Waals surface area contributed by atoms with Crippen molar-refractivity contribution in [3.8, 4) is 5.82 Å². The van der Waals surface area contributed by atoms with Crippen molar-refractivity contribution in [3.63, 3.8) is 0 Å². The Morgan fingerprint density at radius 2 is 2.07 bits per heavy atom. The number of halogens is 2. The molecule has 0 aliphatic rings. The average molecular weight is 416 g/mol. The normalized spacial score (nSPS) is 11.1. The number of nitrogens with zero attached hydrogens (tertiary/aromatic N) is 5. The van der Waals surface area contributed by atoms with Crippen LogP contribution in [0.1, 0.15) is 23.0 Å². The van der Waals surface area contributed by atoms with E-state index >= 15 is 0 Å². The van der Waals surface area contributed by atoms with Crippen molar-refractivity contribution in [2.24, 2.45) is 0 Å². The van der Waals surface area contributed by atoms with Crippen molar-refractivity contribution in [2.45, 2.75) is 13.5 Å². The van der Waals surface area contributed by atoms with E-state index in [0.717, 1.165) is 16.5 Å². The summed E-state index contributed by atoms with van der Waals surface area (Å²) in [4.78, 5) is 16.4. The zero-order chi connectivity index (χ0) is 19.7. The van der Waals surface area contributed by atoms with Crippen molar-refractivity contribution >= 4 is 40.1 Å². The van der Waals surface area contributed by atoms with E-state index in [1.165, 1.54) is 10.9 Å². The zero-order valence-corrected chi connectivity index (χ0v) is 16.4. The highest BCUT2D eigenvalue weighted by Gasteiger charge is 2.17. The molecule has 0 amide bonds. The van der Waals surface area contributed by atoms with Crippen molar-refractivity contribution in [2.75, 3.05) is 6.61 Å². The van der Waals surface area contributed by atoms with Gasteiger partial charge in [0.15, 0.2) is 11.5 Å². The summed E-state index contributed by atoms with van der Waals surface area (Å²) in [6.45, 7) is 2.48. The Morgan fingerprint density at radius 1 is 1.21 bits per heavy atom. The number of pyridine rings is 1. The Labute approximate surface area is 170 Å². The molecule has 3 heterocycles. The van der Waals surface area contributed by atoms with Crippen LogP contribution in [-0.4, -0.2) is 37.1 Å². The number of ether oxygens (including phenoxy) is 1. The molecule has 0 saturated heterocycles. The lowest BCUT2D eigenvalue weighted by atomic mass is 10.2. The number of benzene rings is 1. The van der Waals surface area contributed by atoms with Gasteiger partial charge in [-0.15, -0.1) is 0 Å². The monoisotopic (exact) mass is 415 g/mol. The molecule has 7 nitrogen and oxygen atoms in total. The predicted molar refractivity (Wildman–Crippen MR) is 106 cm³/mol. The van der Waals surface area contributed by atoms with E-state index in [4.69, 9.17) is 27.9 Å². The Balaban J connectivity index is 1.62. The highest BCUT2D eigenvalue weighted by Crippen LogP contribution is 2.24. The summed E-state index contributed by atoms with van der Waals surface area (Å²) in [6, 6.07) is 8.92. The summed E-state index contributed by atoms with van der Waals surface area (Å²) in [7, 11) is 0. The maximum Gasteiger partial charge on any atom is 0.357 e. The molecule has 1 aromatic carbocycles. The quantitative estimate of drug-likeness (QED) is 0.457. The van der Waals surface area contributed by atoms with Gasteiger partial charge in [-0.3, -0.25) is 4.68 Å². The number of hydrogen-bond donors (Lipinski definition) is 0. The molecule has 0 saturated carbocycles. The predicted octanol–water partition coefficient (Wildman–Crippen LogP) is 4.15. The minimum Gasteiger partial charge on any atom is -0.461 e. The fourth-order valence-electron chi connectivity index (χ4n) is 2.87. The number of esters is 1. The van der Waals surface area contributed by atoms with Gasteiger partial charge in [-0.2, -0.15) is 10.2 Å². The molecule has 0 unspecified atom stereocenters. The van der Waals surface area contributed by atoms with Gasteiger partial charge in [-0.1, -0.05) is 29.3 Å². The first-order valence-corrected chi connectivity index (χ1v) is 9.30. The number of hydrogen-bond acceptors (Lipinski definition) is 5. The molecule has 0 bridgehead atoms. The molecule has 4 rings (SSSR count). The van der Waals surface area contributed by atoms with E-state index in [1.54, 1.807) is 29.9 Å². The Morgan fingerprint density at radius 3 is 2.82 bits per heavy atom. The van der Waals surface area contributed by atoms with Crippen LogP contribution in [0.25, 0.3) is 16.7 Å². The summed E-state index contributed by atoms with van der Waals surface area (Å²) in [5, 5.41) is 10.6. The van der Waals surface area contributed by atoms with Gasteiger partial charge in [-0.05, 0) is 36.8 Å². The molecular weight excluding hydrogens is 401 g/mol. The van der Waals surface area contributed by atoms with Gasteiger partial charge in [0, 0.05) is 17.8 Å². The van der Waals surface area contributed by atoms with Gasteiger partial charge in [0.05, 0.1) is 34.9 Å². The first kappa shape index (κ1) is 18.5. The second-order valence-electron chi connectivity index (χ2n) is 6.00. The third-order valence-corrected chi connectivity index (χ3v) is 4.70. The third kappa shape index (κ3) is 3.46. The van der Waals surface area contributed by atoms with Crippen LogP contribution in [0, 0.1) is 0 Å². The molecular formula is C19H15Cl2N5O2. The van der Waals surface area contributed by atoms with E-state index in [0.29, 0.717) is 22.4 Å². The topological polar surface area (TPSA) is 74.8 Å². The Kier molecular flexibility index (Phi) is 5.02. The summed E-state index contributed by atoms with van der Waals surface area (Å²) in [5.41, 5.74) is 1.93. The van der Waals surface area contributed by atoms with Crippen molar-refractivity contribution in [1.82, 2.24) is 24.5 Å². The van der Waals surface area contributed by atoms with Crippen molar-refractivity contribution in [1.29, 1.82) is 0 Å². The fourth-order valence-corrected chi connectivity index (χ4v) is 3.36. The van der Waals surface area contributed by atoms with Gasteiger partial charge in [0.1, 0.15) is 0 Å². The van der Waals surface area contributed by atoms with Crippen molar-refractivity contribution < 1.29 is 9.53 Å². The lowest BCUT2D eigenvalue weighted by molar-refractivity contribution is 0.0515. The van der Waals surface area contributed by atoms with Gasteiger partial charge >= 0.3 is 5.97 Å². The van der Waals surface area contributed by atoms with Gasteiger partial charge in [0.25, 0.3) is 0 Å². The van der Waals surface area contributed by atoms with Gasteiger partial charge < -0.3 is 4.74 Å². The molecule has 0 spiro atoms. The first-order valence-electron chi connectivity index (χ1n) is 8.54.